The van der Waals surface area contributed by atoms with E-state index in [-0.39, 0.29) is 10.6 Å². The minimum atomic E-state index is -1.72. The molecule has 0 bridgehead atoms. The average molecular weight is 297 g/mol. The standard InChI is InChI=1S/C17H32O2Si/c1-7-8-9-13-14-12-17(14,18)11-10-15(13)19-20(5,6)16(2,3)4/h7,13-15,18H,1,8-12H2,2-6H3/t13-,14?,15-,17?/m1/s1. The van der Waals surface area contributed by atoms with Gasteiger partial charge in [0.2, 0.25) is 0 Å². The molecule has 2 nitrogen and oxygen atoms in total. The summed E-state index contributed by atoms with van der Waals surface area (Å²) in [5, 5.41) is 10.7. The van der Waals surface area contributed by atoms with Gasteiger partial charge in [0.15, 0.2) is 8.32 Å². The third-order valence-corrected chi connectivity index (χ3v) is 10.4. The van der Waals surface area contributed by atoms with E-state index in [2.05, 4.69) is 40.4 Å². The smallest absolute Gasteiger partial charge is 0.192 e. The number of aliphatic hydroxyl groups is 1. The predicted octanol–water partition coefficient (Wildman–Crippen LogP) is 4.50. The van der Waals surface area contributed by atoms with Gasteiger partial charge in [0.05, 0.1) is 5.60 Å². The molecule has 116 valence electrons. The normalized spacial score (nSPS) is 37.4. The molecular formula is C17H32O2Si. The molecule has 0 radical (unpaired) electrons. The maximum absolute atomic E-state index is 10.4. The highest BCUT2D eigenvalue weighted by atomic mass is 28.4. The van der Waals surface area contributed by atoms with Gasteiger partial charge in [-0.3, -0.25) is 0 Å². The molecule has 0 aliphatic heterocycles. The van der Waals surface area contributed by atoms with Crippen LogP contribution < -0.4 is 0 Å². The molecule has 2 rings (SSSR count). The summed E-state index contributed by atoms with van der Waals surface area (Å²) in [5.74, 6) is 1.01. The lowest BCUT2D eigenvalue weighted by molar-refractivity contribution is 0.00317. The number of hydrogen-bond acceptors (Lipinski definition) is 2. The number of fused-ring (bicyclic) bond motifs is 1. The zero-order valence-electron chi connectivity index (χ0n) is 13.9. The fraction of sp³-hybridized carbons (Fsp3) is 0.882. The summed E-state index contributed by atoms with van der Waals surface area (Å²) < 4.78 is 6.69. The summed E-state index contributed by atoms with van der Waals surface area (Å²) in [6.07, 6.45) is 7.46. The van der Waals surface area contributed by atoms with Gasteiger partial charge in [-0.25, -0.2) is 0 Å². The van der Waals surface area contributed by atoms with Crippen molar-refractivity contribution in [3.63, 3.8) is 0 Å². The molecule has 4 atom stereocenters. The van der Waals surface area contributed by atoms with Gasteiger partial charge in [-0.1, -0.05) is 26.8 Å². The van der Waals surface area contributed by atoms with Crippen LogP contribution in [0.4, 0.5) is 0 Å². The Morgan fingerprint density at radius 3 is 2.60 bits per heavy atom. The van der Waals surface area contributed by atoms with E-state index >= 15 is 0 Å². The molecule has 0 aromatic carbocycles. The van der Waals surface area contributed by atoms with Crippen molar-refractivity contribution in [2.24, 2.45) is 11.8 Å². The molecule has 0 saturated heterocycles. The molecule has 2 saturated carbocycles. The van der Waals surface area contributed by atoms with Crippen LogP contribution in [0.3, 0.4) is 0 Å². The Hall–Kier alpha value is -0.123. The molecule has 2 unspecified atom stereocenters. The van der Waals surface area contributed by atoms with E-state index in [0.29, 0.717) is 17.9 Å². The summed E-state index contributed by atoms with van der Waals surface area (Å²) in [7, 11) is -1.72. The molecule has 3 heteroatoms. The number of rotatable bonds is 5. The summed E-state index contributed by atoms with van der Waals surface area (Å²) in [4.78, 5) is 0. The first-order chi connectivity index (χ1) is 9.11. The molecule has 2 aliphatic carbocycles. The van der Waals surface area contributed by atoms with Crippen LogP contribution in [0.2, 0.25) is 18.1 Å². The van der Waals surface area contributed by atoms with E-state index in [1.807, 2.05) is 6.08 Å². The van der Waals surface area contributed by atoms with Crippen LogP contribution in [0, 0.1) is 11.8 Å². The Kier molecular flexibility index (Phi) is 4.27. The fourth-order valence-corrected chi connectivity index (χ4v) is 4.83. The second kappa shape index (κ2) is 5.26. The minimum Gasteiger partial charge on any atom is -0.414 e. The lowest BCUT2D eigenvalue weighted by Gasteiger charge is -2.43. The molecule has 20 heavy (non-hydrogen) atoms. The van der Waals surface area contributed by atoms with Crippen molar-refractivity contribution >= 4 is 8.32 Å². The quantitative estimate of drug-likeness (QED) is 0.598. The van der Waals surface area contributed by atoms with Gasteiger partial charge in [-0.05, 0) is 62.1 Å². The van der Waals surface area contributed by atoms with Crippen LogP contribution in [0.1, 0.15) is 52.9 Å². The molecule has 1 N–H and O–H groups in total. The molecule has 0 heterocycles. The molecular weight excluding hydrogens is 264 g/mol. The lowest BCUT2D eigenvalue weighted by atomic mass is 9.82. The Morgan fingerprint density at radius 1 is 1.40 bits per heavy atom. The van der Waals surface area contributed by atoms with E-state index in [9.17, 15) is 5.11 Å². The minimum absolute atomic E-state index is 0.257. The van der Waals surface area contributed by atoms with Gasteiger partial charge in [-0.15, -0.1) is 6.58 Å². The molecule has 0 amide bonds. The number of allylic oxidation sites excluding steroid dienone is 1. The highest BCUT2D eigenvalue weighted by molar-refractivity contribution is 6.74. The van der Waals surface area contributed by atoms with Crippen LogP contribution in [-0.4, -0.2) is 25.1 Å². The van der Waals surface area contributed by atoms with Crippen molar-refractivity contribution in [2.45, 2.75) is 82.7 Å². The summed E-state index contributed by atoms with van der Waals surface area (Å²) in [5.41, 5.74) is -0.348. The zero-order chi connectivity index (χ0) is 15.2. The molecule has 2 fully saturated rings. The van der Waals surface area contributed by atoms with E-state index in [1.54, 1.807) is 0 Å². The lowest BCUT2D eigenvalue weighted by Crippen LogP contribution is -2.48. The van der Waals surface area contributed by atoms with Crippen molar-refractivity contribution in [3.8, 4) is 0 Å². The van der Waals surface area contributed by atoms with Crippen molar-refractivity contribution in [1.82, 2.24) is 0 Å². The van der Waals surface area contributed by atoms with Crippen LogP contribution >= 0.6 is 0 Å². The van der Waals surface area contributed by atoms with Crippen molar-refractivity contribution in [1.29, 1.82) is 0 Å². The highest BCUT2D eigenvalue weighted by Crippen LogP contribution is 2.58. The maximum atomic E-state index is 10.4. The third-order valence-electron chi connectivity index (χ3n) is 5.92. The van der Waals surface area contributed by atoms with Crippen LogP contribution in [0.15, 0.2) is 12.7 Å². The fourth-order valence-electron chi connectivity index (χ4n) is 3.42. The SMILES string of the molecule is C=CCC[C@@H]1C2CC2(O)CC[C@H]1O[Si](C)(C)C(C)(C)C. The van der Waals surface area contributed by atoms with E-state index < -0.39 is 8.32 Å². The maximum Gasteiger partial charge on any atom is 0.192 e. The Labute approximate surface area is 125 Å². The first-order valence-electron chi connectivity index (χ1n) is 8.12. The Balaban J connectivity index is 2.07. The van der Waals surface area contributed by atoms with E-state index in [1.165, 1.54) is 0 Å². The topological polar surface area (TPSA) is 29.5 Å². The van der Waals surface area contributed by atoms with Crippen LogP contribution in [-0.2, 0) is 4.43 Å². The van der Waals surface area contributed by atoms with Gasteiger partial charge >= 0.3 is 0 Å². The zero-order valence-corrected chi connectivity index (χ0v) is 14.9. The van der Waals surface area contributed by atoms with Crippen molar-refractivity contribution < 1.29 is 9.53 Å². The molecule has 0 aromatic rings. The molecule has 2 aliphatic rings. The largest absolute Gasteiger partial charge is 0.414 e. The summed E-state index contributed by atoms with van der Waals surface area (Å²) in [6.45, 7) is 15.4. The highest BCUT2D eigenvalue weighted by Gasteiger charge is 2.61. The van der Waals surface area contributed by atoms with Gasteiger partial charge < -0.3 is 9.53 Å². The first-order valence-corrected chi connectivity index (χ1v) is 11.0. The number of hydrogen-bond donors (Lipinski definition) is 1. The van der Waals surface area contributed by atoms with Crippen LogP contribution in [0.5, 0.6) is 0 Å². The molecule has 0 spiro atoms. The second-order valence-corrected chi connectivity index (χ2v) is 13.2. The Morgan fingerprint density at radius 2 is 2.05 bits per heavy atom. The van der Waals surface area contributed by atoms with E-state index in [4.69, 9.17) is 4.43 Å². The van der Waals surface area contributed by atoms with Gasteiger partial charge in [0.1, 0.15) is 0 Å². The second-order valence-electron chi connectivity index (χ2n) is 8.40. The average Bonchev–Trinajstić information content (AvgIpc) is 2.98. The van der Waals surface area contributed by atoms with Crippen molar-refractivity contribution in [2.75, 3.05) is 0 Å². The van der Waals surface area contributed by atoms with Crippen molar-refractivity contribution in [3.05, 3.63) is 12.7 Å². The monoisotopic (exact) mass is 296 g/mol. The summed E-state index contributed by atoms with van der Waals surface area (Å²) in [6, 6.07) is 0. The third kappa shape index (κ3) is 3.05. The van der Waals surface area contributed by atoms with Gasteiger partial charge in [0, 0.05) is 6.10 Å². The molecule has 0 aromatic heterocycles. The van der Waals surface area contributed by atoms with Gasteiger partial charge in [0.25, 0.3) is 0 Å². The summed E-state index contributed by atoms with van der Waals surface area (Å²) >= 11 is 0. The van der Waals surface area contributed by atoms with Crippen LogP contribution in [0.25, 0.3) is 0 Å². The van der Waals surface area contributed by atoms with E-state index in [0.717, 1.165) is 32.1 Å². The predicted molar refractivity (Wildman–Crippen MR) is 87.3 cm³/mol. The first kappa shape index (κ1) is 16.3. The van der Waals surface area contributed by atoms with Gasteiger partial charge in [-0.2, -0.15) is 0 Å². The Bertz CT molecular complexity index is 372.